The molecular formula is C23H24NO6P. The average Bonchev–Trinajstić information content (AvgIpc) is 2.77. The Morgan fingerprint density at radius 3 is 2.29 bits per heavy atom. The highest BCUT2D eigenvalue weighted by atomic mass is 31.2. The summed E-state index contributed by atoms with van der Waals surface area (Å²) in [6, 6.07) is 22.3. The Morgan fingerprint density at radius 1 is 1.03 bits per heavy atom. The van der Waals surface area contributed by atoms with E-state index in [0.717, 1.165) is 11.1 Å². The first-order valence-electron chi connectivity index (χ1n) is 9.63. The molecule has 3 aromatic rings. The number of methoxy groups -OCH3 is 1. The number of aliphatic carboxylic acids is 1. The molecular weight excluding hydrogens is 417 g/mol. The number of rotatable bonds is 10. The molecule has 162 valence electrons. The van der Waals surface area contributed by atoms with E-state index in [-0.39, 0.29) is 12.2 Å². The Balaban J connectivity index is 1.70. The van der Waals surface area contributed by atoms with Crippen molar-refractivity contribution in [1.29, 1.82) is 0 Å². The number of hydrogen-bond acceptors (Lipinski definition) is 5. The first kappa shape index (κ1) is 22.6. The molecule has 7 nitrogen and oxygen atoms in total. The summed E-state index contributed by atoms with van der Waals surface area (Å²) in [6.45, 7) is 0. The molecule has 0 radical (unpaired) electrons. The number of carboxylic acids is 1. The lowest BCUT2D eigenvalue weighted by atomic mass is 9.99. The molecule has 1 unspecified atom stereocenters. The van der Waals surface area contributed by atoms with Gasteiger partial charge >= 0.3 is 13.6 Å². The number of benzene rings is 3. The summed E-state index contributed by atoms with van der Waals surface area (Å²) < 4.78 is 22.9. The lowest BCUT2D eigenvalue weighted by molar-refractivity contribution is -0.139. The molecule has 0 saturated heterocycles. The Kier molecular flexibility index (Phi) is 7.47. The SMILES string of the molecule is COc1cc(C[C@H](NCP(=O)(O)Oc2ccccc2)C(=O)O)ccc1-c1ccccc1. The third-order valence-electron chi connectivity index (χ3n) is 4.62. The second-order valence-electron chi connectivity index (χ2n) is 6.90. The van der Waals surface area contributed by atoms with Gasteiger partial charge in [-0.25, -0.2) is 4.57 Å². The molecule has 0 aliphatic rings. The molecule has 0 amide bonds. The predicted molar refractivity (Wildman–Crippen MR) is 118 cm³/mol. The van der Waals surface area contributed by atoms with Gasteiger partial charge in [0.15, 0.2) is 0 Å². The molecule has 3 N–H and O–H groups in total. The van der Waals surface area contributed by atoms with Gasteiger partial charge in [-0.3, -0.25) is 10.1 Å². The van der Waals surface area contributed by atoms with E-state index in [1.54, 1.807) is 43.5 Å². The van der Waals surface area contributed by atoms with Crippen LogP contribution in [0.15, 0.2) is 78.9 Å². The van der Waals surface area contributed by atoms with E-state index < -0.39 is 25.9 Å². The van der Waals surface area contributed by atoms with Gasteiger partial charge in [-0.15, -0.1) is 0 Å². The number of hydrogen-bond donors (Lipinski definition) is 3. The molecule has 0 aliphatic carbocycles. The zero-order valence-corrected chi connectivity index (χ0v) is 17.9. The highest BCUT2D eigenvalue weighted by Crippen LogP contribution is 2.41. The smallest absolute Gasteiger partial charge is 0.390 e. The molecule has 31 heavy (non-hydrogen) atoms. The largest absolute Gasteiger partial charge is 0.496 e. The van der Waals surface area contributed by atoms with Gasteiger partial charge in [-0.05, 0) is 35.7 Å². The van der Waals surface area contributed by atoms with Crippen LogP contribution in [0.4, 0.5) is 0 Å². The molecule has 0 heterocycles. The lowest BCUT2D eigenvalue weighted by Gasteiger charge is -2.19. The maximum absolute atomic E-state index is 12.3. The molecule has 0 fully saturated rings. The van der Waals surface area contributed by atoms with Crippen molar-refractivity contribution in [2.24, 2.45) is 0 Å². The number of carbonyl (C=O) groups is 1. The van der Waals surface area contributed by atoms with E-state index in [1.165, 1.54) is 0 Å². The van der Waals surface area contributed by atoms with E-state index >= 15 is 0 Å². The monoisotopic (exact) mass is 441 g/mol. The van der Waals surface area contributed by atoms with Crippen LogP contribution >= 0.6 is 7.60 Å². The molecule has 0 aliphatic heterocycles. The van der Waals surface area contributed by atoms with Crippen molar-refractivity contribution in [3.05, 3.63) is 84.4 Å². The zero-order chi connectivity index (χ0) is 22.3. The van der Waals surface area contributed by atoms with Gasteiger partial charge in [0.05, 0.1) is 7.11 Å². The molecule has 0 spiro atoms. The van der Waals surface area contributed by atoms with Crippen molar-refractivity contribution in [3.63, 3.8) is 0 Å². The fourth-order valence-electron chi connectivity index (χ4n) is 3.11. The summed E-state index contributed by atoms with van der Waals surface area (Å²) in [6.07, 6.45) is -0.399. The van der Waals surface area contributed by atoms with Gasteiger partial charge in [0.2, 0.25) is 0 Å². The first-order chi connectivity index (χ1) is 14.9. The van der Waals surface area contributed by atoms with Gasteiger partial charge in [0.25, 0.3) is 0 Å². The molecule has 3 aromatic carbocycles. The minimum absolute atomic E-state index is 0.103. The maximum Gasteiger partial charge on any atom is 0.390 e. The summed E-state index contributed by atoms with van der Waals surface area (Å²) >= 11 is 0. The summed E-state index contributed by atoms with van der Waals surface area (Å²) in [7, 11) is -2.52. The molecule has 0 aromatic heterocycles. The summed E-state index contributed by atoms with van der Waals surface area (Å²) in [5.74, 6) is -0.276. The predicted octanol–water partition coefficient (Wildman–Crippen LogP) is 4.17. The fraction of sp³-hybridized carbons (Fsp3) is 0.174. The maximum atomic E-state index is 12.3. The van der Waals surface area contributed by atoms with Crippen molar-refractivity contribution in [2.75, 3.05) is 13.4 Å². The third-order valence-corrected chi connectivity index (χ3v) is 5.70. The van der Waals surface area contributed by atoms with Crippen molar-refractivity contribution in [2.45, 2.75) is 12.5 Å². The van der Waals surface area contributed by atoms with Crippen LogP contribution < -0.4 is 14.6 Å². The second kappa shape index (κ2) is 10.3. The minimum Gasteiger partial charge on any atom is -0.496 e. The van der Waals surface area contributed by atoms with Crippen LogP contribution in [0, 0.1) is 0 Å². The normalized spacial score (nSPS) is 13.7. The number of nitrogens with one attached hydrogen (secondary N) is 1. The second-order valence-corrected chi connectivity index (χ2v) is 8.67. The molecule has 2 atom stereocenters. The van der Waals surface area contributed by atoms with Gasteiger partial charge in [0.1, 0.15) is 23.8 Å². The third kappa shape index (κ3) is 6.43. The topological polar surface area (TPSA) is 105 Å². The number of para-hydroxylation sites is 1. The average molecular weight is 441 g/mol. The van der Waals surface area contributed by atoms with E-state index in [4.69, 9.17) is 9.26 Å². The highest BCUT2D eigenvalue weighted by molar-refractivity contribution is 7.53. The molecule has 8 heteroatoms. The van der Waals surface area contributed by atoms with Crippen LogP contribution in [-0.4, -0.2) is 35.4 Å². The van der Waals surface area contributed by atoms with Crippen LogP contribution in [0.3, 0.4) is 0 Å². The molecule has 3 rings (SSSR count). The Labute approximate surface area is 180 Å². The summed E-state index contributed by atoms with van der Waals surface area (Å²) in [4.78, 5) is 21.8. The van der Waals surface area contributed by atoms with E-state index in [2.05, 4.69) is 5.32 Å². The Morgan fingerprint density at radius 2 is 1.68 bits per heavy atom. The van der Waals surface area contributed by atoms with Crippen LogP contribution in [0.2, 0.25) is 0 Å². The van der Waals surface area contributed by atoms with Gasteiger partial charge in [-0.2, -0.15) is 0 Å². The van der Waals surface area contributed by atoms with E-state index in [9.17, 15) is 19.4 Å². The van der Waals surface area contributed by atoms with Crippen LogP contribution in [0.25, 0.3) is 11.1 Å². The first-order valence-corrected chi connectivity index (χ1v) is 11.4. The quantitative estimate of drug-likeness (QED) is 0.406. The van der Waals surface area contributed by atoms with E-state index in [0.29, 0.717) is 11.3 Å². The van der Waals surface area contributed by atoms with Crippen LogP contribution in [-0.2, 0) is 15.8 Å². The summed E-state index contributed by atoms with van der Waals surface area (Å²) in [5, 5.41) is 12.2. The van der Waals surface area contributed by atoms with Crippen LogP contribution in [0.5, 0.6) is 11.5 Å². The number of carboxylic acid groups (broad SMARTS) is 1. The zero-order valence-electron chi connectivity index (χ0n) is 17.0. The summed E-state index contributed by atoms with van der Waals surface area (Å²) in [5.41, 5.74) is 2.59. The number of ether oxygens (including phenoxy) is 1. The van der Waals surface area contributed by atoms with Crippen LogP contribution in [0.1, 0.15) is 5.56 Å². The highest BCUT2D eigenvalue weighted by Gasteiger charge is 2.26. The van der Waals surface area contributed by atoms with E-state index in [1.807, 2.05) is 42.5 Å². The minimum atomic E-state index is -4.08. The van der Waals surface area contributed by atoms with Gasteiger partial charge in [-0.1, -0.05) is 60.7 Å². The fourth-order valence-corrected chi connectivity index (χ4v) is 4.07. The van der Waals surface area contributed by atoms with Gasteiger partial charge < -0.3 is 19.3 Å². The van der Waals surface area contributed by atoms with Crippen molar-refractivity contribution >= 4 is 13.6 Å². The van der Waals surface area contributed by atoms with Crippen molar-refractivity contribution < 1.29 is 28.6 Å². The van der Waals surface area contributed by atoms with Crippen molar-refractivity contribution in [3.8, 4) is 22.6 Å². The van der Waals surface area contributed by atoms with Gasteiger partial charge in [0, 0.05) is 5.56 Å². The molecule has 0 saturated carbocycles. The Hall–Kier alpha value is -3.12. The lowest BCUT2D eigenvalue weighted by Crippen LogP contribution is -2.39. The van der Waals surface area contributed by atoms with Crippen molar-refractivity contribution in [1.82, 2.24) is 5.32 Å². The molecule has 0 bridgehead atoms. The Bertz CT molecular complexity index is 1060. The standard InChI is InChI=1S/C23H24NO6P/c1-29-22-15-17(12-13-20(22)18-8-4-2-5-9-18)14-21(23(25)26)24-16-31(27,28)30-19-10-6-3-7-11-19/h2-13,15,21,24H,14,16H2,1H3,(H,25,26)(H,27,28)/t21-/m0/s1.